The Morgan fingerprint density at radius 2 is 2.12 bits per heavy atom. The Labute approximate surface area is 95.8 Å². The molecule has 1 heterocycles. The molecule has 0 aliphatic carbocycles. The Balaban J connectivity index is 2.56. The van der Waals surface area contributed by atoms with Crippen molar-refractivity contribution in [3.63, 3.8) is 0 Å². The van der Waals surface area contributed by atoms with Crippen LogP contribution in [0.15, 0.2) is 0 Å². The van der Waals surface area contributed by atoms with Crippen LogP contribution in [0.2, 0.25) is 0 Å². The number of nitrogens with zero attached hydrogens (tertiary/aromatic N) is 1. The number of carbonyl (C=O) groups is 1. The van der Waals surface area contributed by atoms with Gasteiger partial charge in [0.2, 0.25) is 0 Å². The Bertz CT molecular complexity index is 337. The minimum atomic E-state index is -3.60. The predicted octanol–water partition coefficient (Wildman–Crippen LogP) is 0.170. The molecule has 0 spiro atoms. The summed E-state index contributed by atoms with van der Waals surface area (Å²) in [7, 11) is -3.60. The number of hydrogen-bond donors (Lipinski definition) is 2. The SMILES string of the molecule is CCCCC(NS(=O)(=O)N1CCC1)C(=O)O. The summed E-state index contributed by atoms with van der Waals surface area (Å²) < 4.78 is 26.8. The summed E-state index contributed by atoms with van der Waals surface area (Å²) in [4.78, 5) is 10.9. The van der Waals surface area contributed by atoms with Crippen molar-refractivity contribution in [3.8, 4) is 0 Å². The highest BCUT2D eigenvalue weighted by Gasteiger charge is 2.31. The summed E-state index contributed by atoms with van der Waals surface area (Å²) in [6, 6.07) is -1.01. The number of carboxylic acids is 1. The van der Waals surface area contributed by atoms with Gasteiger partial charge in [0.05, 0.1) is 0 Å². The molecular formula is C9H18N2O4S. The number of aliphatic carboxylic acids is 1. The zero-order valence-corrected chi connectivity index (χ0v) is 10.2. The molecule has 16 heavy (non-hydrogen) atoms. The normalized spacial score (nSPS) is 19.1. The number of hydrogen-bond acceptors (Lipinski definition) is 3. The predicted molar refractivity (Wildman–Crippen MR) is 59.2 cm³/mol. The topological polar surface area (TPSA) is 86.7 Å². The molecule has 7 heteroatoms. The van der Waals surface area contributed by atoms with E-state index in [0.29, 0.717) is 25.9 Å². The van der Waals surface area contributed by atoms with Gasteiger partial charge in [-0.15, -0.1) is 0 Å². The number of unbranched alkanes of at least 4 members (excludes halogenated alkanes) is 1. The van der Waals surface area contributed by atoms with Gasteiger partial charge < -0.3 is 5.11 Å². The zero-order valence-electron chi connectivity index (χ0n) is 9.35. The summed E-state index contributed by atoms with van der Waals surface area (Å²) in [6.45, 7) is 2.90. The van der Waals surface area contributed by atoms with E-state index >= 15 is 0 Å². The Morgan fingerprint density at radius 1 is 1.50 bits per heavy atom. The first-order valence-corrected chi connectivity index (χ1v) is 6.91. The van der Waals surface area contributed by atoms with E-state index in [0.717, 1.165) is 12.8 Å². The van der Waals surface area contributed by atoms with E-state index in [1.807, 2.05) is 6.92 Å². The van der Waals surface area contributed by atoms with Gasteiger partial charge in [-0.2, -0.15) is 17.4 Å². The summed E-state index contributed by atoms with van der Waals surface area (Å²) in [5.74, 6) is -1.11. The van der Waals surface area contributed by atoms with Crippen LogP contribution in [0, 0.1) is 0 Å². The van der Waals surface area contributed by atoms with Gasteiger partial charge in [-0.1, -0.05) is 19.8 Å². The maximum atomic E-state index is 11.6. The van der Waals surface area contributed by atoms with Crippen molar-refractivity contribution >= 4 is 16.2 Å². The molecule has 0 radical (unpaired) electrons. The lowest BCUT2D eigenvalue weighted by molar-refractivity contribution is -0.139. The van der Waals surface area contributed by atoms with Gasteiger partial charge >= 0.3 is 5.97 Å². The van der Waals surface area contributed by atoms with Crippen LogP contribution in [0.25, 0.3) is 0 Å². The van der Waals surface area contributed by atoms with E-state index in [9.17, 15) is 13.2 Å². The largest absolute Gasteiger partial charge is 0.480 e. The average Bonchev–Trinajstić information content (AvgIpc) is 2.07. The van der Waals surface area contributed by atoms with Crippen LogP contribution in [0.3, 0.4) is 0 Å². The fourth-order valence-electron chi connectivity index (χ4n) is 1.42. The van der Waals surface area contributed by atoms with Crippen LogP contribution >= 0.6 is 0 Å². The Hall–Kier alpha value is -0.660. The summed E-state index contributed by atoms with van der Waals surface area (Å²) in [5.41, 5.74) is 0. The number of nitrogens with one attached hydrogen (secondary N) is 1. The van der Waals surface area contributed by atoms with Gasteiger partial charge in [-0.05, 0) is 12.8 Å². The van der Waals surface area contributed by atoms with Gasteiger partial charge in [0.15, 0.2) is 0 Å². The lowest BCUT2D eigenvalue weighted by atomic mass is 10.1. The first-order valence-electron chi connectivity index (χ1n) is 5.47. The van der Waals surface area contributed by atoms with Crippen LogP contribution in [-0.2, 0) is 15.0 Å². The molecule has 0 aromatic heterocycles. The summed E-state index contributed by atoms with van der Waals surface area (Å²) >= 11 is 0. The minimum absolute atomic E-state index is 0.332. The molecule has 0 bridgehead atoms. The molecular weight excluding hydrogens is 232 g/mol. The lowest BCUT2D eigenvalue weighted by Gasteiger charge is -2.30. The van der Waals surface area contributed by atoms with Crippen LogP contribution in [0.4, 0.5) is 0 Å². The maximum absolute atomic E-state index is 11.6. The average molecular weight is 250 g/mol. The van der Waals surface area contributed by atoms with Crippen LogP contribution in [-0.4, -0.2) is 42.9 Å². The third kappa shape index (κ3) is 3.43. The van der Waals surface area contributed by atoms with Crippen LogP contribution < -0.4 is 4.72 Å². The number of rotatable bonds is 7. The summed E-state index contributed by atoms with van der Waals surface area (Å²) in [5, 5.41) is 8.89. The fraction of sp³-hybridized carbons (Fsp3) is 0.889. The van der Waals surface area contributed by atoms with Crippen molar-refractivity contribution in [1.82, 2.24) is 9.03 Å². The van der Waals surface area contributed by atoms with Crippen molar-refractivity contribution in [2.45, 2.75) is 38.6 Å². The molecule has 0 saturated carbocycles. The molecule has 6 nitrogen and oxygen atoms in total. The molecule has 0 amide bonds. The molecule has 0 aromatic carbocycles. The highest BCUT2D eigenvalue weighted by atomic mass is 32.2. The van der Waals surface area contributed by atoms with E-state index in [-0.39, 0.29) is 0 Å². The van der Waals surface area contributed by atoms with E-state index < -0.39 is 22.2 Å². The van der Waals surface area contributed by atoms with Crippen molar-refractivity contribution in [1.29, 1.82) is 0 Å². The first-order chi connectivity index (χ1) is 7.47. The highest BCUT2D eigenvalue weighted by Crippen LogP contribution is 2.12. The fourth-order valence-corrected chi connectivity index (χ4v) is 2.89. The van der Waals surface area contributed by atoms with Gasteiger partial charge in [0.25, 0.3) is 10.2 Å². The van der Waals surface area contributed by atoms with Crippen molar-refractivity contribution in [2.75, 3.05) is 13.1 Å². The number of carboxylic acid groups (broad SMARTS) is 1. The molecule has 1 aliphatic rings. The highest BCUT2D eigenvalue weighted by molar-refractivity contribution is 7.87. The monoisotopic (exact) mass is 250 g/mol. The van der Waals surface area contributed by atoms with E-state index in [2.05, 4.69) is 4.72 Å². The van der Waals surface area contributed by atoms with E-state index in [1.165, 1.54) is 4.31 Å². The quantitative estimate of drug-likeness (QED) is 0.674. The van der Waals surface area contributed by atoms with Crippen LogP contribution in [0.1, 0.15) is 32.6 Å². The molecule has 0 aromatic rings. The third-order valence-corrected chi connectivity index (χ3v) is 4.22. The molecule has 1 atom stereocenters. The smallest absolute Gasteiger partial charge is 0.321 e. The third-order valence-electron chi connectivity index (χ3n) is 2.59. The molecule has 1 rings (SSSR count). The molecule has 1 fully saturated rings. The standard InChI is InChI=1S/C9H18N2O4S/c1-2-3-5-8(9(12)13)10-16(14,15)11-6-4-7-11/h8,10H,2-7H2,1H3,(H,12,13). The van der Waals surface area contributed by atoms with Crippen LogP contribution in [0.5, 0.6) is 0 Å². The van der Waals surface area contributed by atoms with Gasteiger partial charge in [0.1, 0.15) is 6.04 Å². The zero-order chi connectivity index (χ0) is 12.2. The maximum Gasteiger partial charge on any atom is 0.321 e. The molecule has 1 unspecified atom stereocenters. The second-order valence-electron chi connectivity index (χ2n) is 3.91. The van der Waals surface area contributed by atoms with Gasteiger partial charge in [-0.25, -0.2) is 0 Å². The Morgan fingerprint density at radius 3 is 2.50 bits per heavy atom. The van der Waals surface area contributed by atoms with E-state index in [4.69, 9.17) is 5.11 Å². The van der Waals surface area contributed by atoms with Gasteiger partial charge in [0, 0.05) is 13.1 Å². The first kappa shape index (κ1) is 13.4. The van der Waals surface area contributed by atoms with Gasteiger partial charge in [-0.3, -0.25) is 4.79 Å². The van der Waals surface area contributed by atoms with Crippen molar-refractivity contribution < 1.29 is 18.3 Å². The Kier molecular flexibility index (Phi) is 4.69. The lowest BCUT2D eigenvalue weighted by Crippen LogP contribution is -2.52. The second kappa shape index (κ2) is 5.60. The van der Waals surface area contributed by atoms with Crippen molar-refractivity contribution in [2.24, 2.45) is 0 Å². The summed E-state index contributed by atoms with van der Waals surface area (Å²) in [6.07, 6.45) is 2.71. The second-order valence-corrected chi connectivity index (χ2v) is 5.61. The minimum Gasteiger partial charge on any atom is -0.480 e. The molecule has 2 N–H and O–H groups in total. The molecule has 94 valence electrons. The molecule has 1 saturated heterocycles. The van der Waals surface area contributed by atoms with E-state index in [1.54, 1.807) is 0 Å². The molecule has 1 aliphatic heterocycles. The van der Waals surface area contributed by atoms with Crippen molar-refractivity contribution in [3.05, 3.63) is 0 Å².